The minimum atomic E-state index is -0.128. The molecule has 0 spiro atoms. The van der Waals surface area contributed by atoms with E-state index in [4.69, 9.17) is 12.2 Å². The van der Waals surface area contributed by atoms with Crippen LogP contribution in [-0.2, 0) is 0 Å². The monoisotopic (exact) mass is 224 g/mol. The Morgan fingerprint density at radius 3 is 2.86 bits per heavy atom. The summed E-state index contributed by atoms with van der Waals surface area (Å²) in [6, 6.07) is 3.90. The lowest BCUT2D eigenvalue weighted by Crippen LogP contribution is -2.12. The van der Waals surface area contributed by atoms with E-state index in [2.05, 4.69) is 9.97 Å². The van der Waals surface area contributed by atoms with Gasteiger partial charge in [-0.05, 0) is 30.6 Å². The molecular weight excluding hydrogens is 216 g/mol. The summed E-state index contributed by atoms with van der Waals surface area (Å²) in [6.45, 7) is 1.78. The van der Waals surface area contributed by atoms with Crippen LogP contribution in [0.4, 0.5) is 0 Å². The predicted molar refractivity (Wildman–Crippen MR) is 60.3 cm³/mol. The summed E-state index contributed by atoms with van der Waals surface area (Å²) in [5.74, 6) is 0. The van der Waals surface area contributed by atoms with Gasteiger partial charge in [0.2, 0.25) is 0 Å². The second kappa shape index (κ2) is 3.51. The Bertz CT molecular complexity index is 551. The van der Waals surface area contributed by atoms with Crippen molar-refractivity contribution in [1.82, 2.24) is 9.97 Å². The third kappa shape index (κ3) is 1.56. The third-order valence-corrected chi connectivity index (χ3v) is 3.04. The van der Waals surface area contributed by atoms with E-state index in [0.717, 1.165) is 10.6 Å². The number of rotatable bonds is 1. The maximum Gasteiger partial charge on any atom is 0.255 e. The SMILES string of the molecule is Cc1c(-c2cccs2)[nH]c(=S)[nH]c1=O. The molecule has 2 aromatic heterocycles. The molecule has 2 rings (SSSR count). The lowest BCUT2D eigenvalue weighted by molar-refractivity contribution is 1.06. The predicted octanol–water partition coefficient (Wildman–Crippen LogP) is 2.47. The van der Waals surface area contributed by atoms with Crippen molar-refractivity contribution in [3.8, 4) is 10.6 Å². The van der Waals surface area contributed by atoms with Crippen LogP contribution in [0, 0.1) is 11.7 Å². The second-order valence-electron chi connectivity index (χ2n) is 2.89. The number of hydrogen-bond donors (Lipinski definition) is 2. The fourth-order valence-corrected chi connectivity index (χ4v) is 2.19. The van der Waals surface area contributed by atoms with Gasteiger partial charge in [-0.3, -0.25) is 9.78 Å². The molecule has 0 saturated heterocycles. The summed E-state index contributed by atoms with van der Waals surface area (Å²) >= 11 is 6.49. The molecule has 0 aliphatic carbocycles. The van der Waals surface area contributed by atoms with Crippen LogP contribution >= 0.6 is 23.6 Å². The van der Waals surface area contributed by atoms with Crippen molar-refractivity contribution in [2.24, 2.45) is 0 Å². The smallest absolute Gasteiger partial charge is 0.255 e. The minimum Gasteiger partial charge on any atom is -0.331 e. The minimum absolute atomic E-state index is 0.128. The number of thiophene rings is 1. The van der Waals surface area contributed by atoms with Crippen LogP contribution in [-0.4, -0.2) is 9.97 Å². The molecule has 0 aromatic carbocycles. The van der Waals surface area contributed by atoms with Crippen molar-refractivity contribution in [2.45, 2.75) is 6.92 Å². The van der Waals surface area contributed by atoms with Crippen LogP contribution in [0.3, 0.4) is 0 Å². The van der Waals surface area contributed by atoms with Crippen molar-refractivity contribution in [1.29, 1.82) is 0 Å². The van der Waals surface area contributed by atoms with Crippen molar-refractivity contribution < 1.29 is 0 Å². The number of nitrogens with one attached hydrogen (secondary N) is 2. The average molecular weight is 224 g/mol. The normalized spacial score (nSPS) is 10.4. The molecule has 14 heavy (non-hydrogen) atoms. The summed E-state index contributed by atoms with van der Waals surface area (Å²) in [4.78, 5) is 18.0. The first-order valence-electron chi connectivity index (χ1n) is 4.05. The summed E-state index contributed by atoms with van der Waals surface area (Å²) in [7, 11) is 0. The summed E-state index contributed by atoms with van der Waals surface area (Å²) in [6.07, 6.45) is 0. The standard InChI is InChI=1S/C9H8N2OS2/c1-5-7(6-3-2-4-14-6)10-9(13)11-8(5)12/h2-4H,1H3,(H2,10,11,12,13). The van der Waals surface area contributed by atoms with Gasteiger partial charge in [0, 0.05) is 5.56 Å². The van der Waals surface area contributed by atoms with E-state index < -0.39 is 0 Å². The zero-order valence-corrected chi connectivity index (χ0v) is 9.09. The molecule has 0 unspecified atom stereocenters. The molecule has 3 nitrogen and oxygen atoms in total. The molecule has 0 aliphatic heterocycles. The Hall–Kier alpha value is -1.20. The van der Waals surface area contributed by atoms with Crippen LogP contribution in [0.1, 0.15) is 5.56 Å². The van der Waals surface area contributed by atoms with E-state index in [-0.39, 0.29) is 5.56 Å². The van der Waals surface area contributed by atoms with E-state index in [0.29, 0.717) is 10.3 Å². The van der Waals surface area contributed by atoms with Gasteiger partial charge in [-0.2, -0.15) is 0 Å². The van der Waals surface area contributed by atoms with Crippen LogP contribution in [0.5, 0.6) is 0 Å². The summed E-state index contributed by atoms with van der Waals surface area (Å²) in [5.41, 5.74) is 1.35. The largest absolute Gasteiger partial charge is 0.331 e. The number of aromatic amines is 2. The highest BCUT2D eigenvalue weighted by Crippen LogP contribution is 2.23. The first kappa shape index (κ1) is 9.36. The van der Waals surface area contributed by atoms with Gasteiger partial charge in [0.1, 0.15) is 0 Å². The van der Waals surface area contributed by atoms with Gasteiger partial charge in [0.15, 0.2) is 4.77 Å². The third-order valence-electron chi connectivity index (χ3n) is 1.95. The lowest BCUT2D eigenvalue weighted by atomic mass is 10.2. The van der Waals surface area contributed by atoms with Gasteiger partial charge in [-0.15, -0.1) is 11.3 Å². The topological polar surface area (TPSA) is 48.6 Å². The highest BCUT2D eigenvalue weighted by Gasteiger charge is 2.06. The molecule has 0 radical (unpaired) electrons. The second-order valence-corrected chi connectivity index (χ2v) is 4.24. The lowest BCUT2D eigenvalue weighted by Gasteiger charge is -2.01. The Morgan fingerprint density at radius 1 is 1.43 bits per heavy atom. The maximum atomic E-state index is 11.4. The molecule has 2 heterocycles. The van der Waals surface area contributed by atoms with Gasteiger partial charge >= 0.3 is 0 Å². The molecule has 0 amide bonds. The Labute approximate surface area is 89.5 Å². The molecule has 2 N–H and O–H groups in total. The molecular formula is C9H8N2OS2. The molecule has 0 aliphatic rings. The molecule has 0 atom stereocenters. The Kier molecular flexibility index (Phi) is 2.35. The van der Waals surface area contributed by atoms with Gasteiger partial charge < -0.3 is 4.98 Å². The first-order valence-corrected chi connectivity index (χ1v) is 5.34. The number of aromatic nitrogens is 2. The Morgan fingerprint density at radius 2 is 2.21 bits per heavy atom. The van der Waals surface area contributed by atoms with Gasteiger partial charge in [-0.25, -0.2) is 0 Å². The van der Waals surface area contributed by atoms with Crippen molar-refractivity contribution >= 4 is 23.6 Å². The van der Waals surface area contributed by atoms with Crippen LogP contribution in [0.15, 0.2) is 22.3 Å². The fraction of sp³-hybridized carbons (Fsp3) is 0.111. The van der Waals surface area contributed by atoms with E-state index in [1.807, 2.05) is 17.5 Å². The van der Waals surface area contributed by atoms with Crippen LogP contribution in [0.2, 0.25) is 0 Å². The van der Waals surface area contributed by atoms with Crippen molar-refractivity contribution in [3.63, 3.8) is 0 Å². The highest BCUT2D eigenvalue weighted by atomic mass is 32.1. The van der Waals surface area contributed by atoms with Gasteiger partial charge in [0.05, 0.1) is 10.6 Å². The van der Waals surface area contributed by atoms with E-state index >= 15 is 0 Å². The zero-order chi connectivity index (χ0) is 10.1. The van der Waals surface area contributed by atoms with E-state index in [9.17, 15) is 4.79 Å². The molecule has 0 fully saturated rings. The van der Waals surface area contributed by atoms with Crippen molar-refractivity contribution in [2.75, 3.05) is 0 Å². The van der Waals surface area contributed by atoms with Crippen LogP contribution in [0.25, 0.3) is 10.6 Å². The first-order chi connectivity index (χ1) is 6.68. The fourth-order valence-electron chi connectivity index (χ4n) is 1.22. The zero-order valence-electron chi connectivity index (χ0n) is 7.46. The van der Waals surface area contributed by atoms with Gasteiger partial charge in [0.25, 0.3) is 5.56 Å². The van der Waals surface area contributed by atoms with E-state index in [1.165, 1.54) is 0 Å². The molecule has 0 bridgehead atoms. The van der Waals surface area contributed by atoms with E-state index in [1.54, 1.807) is 18.3 Å². The summed E-state index contributed by atoms with van der Waals surface area (Å²) in [5, 5.41) is 1.97. The average Bonchev–Trinajstić information content (AvgIpc) is 2.63. The number of H-pyrrole nitrogens is 2. The quantitative estimate of drug-likeness (QED) is 0.731. The molecule has 5 heteroatoms. The Balaban J connectivity index is 2.77. The van der Waals surface area contributed by atoms with Gasteiger partial charge in [-0.1, -0.05) is 6.07 Å². The maximum absolute atomic E-state index is 11.4. The number of hydrogen-bond acceptors (Lipinski definition) is 3. The van der Waals surface area contributed by atoms with Crippen molar-refractivity contribution in [3.05, 3.63) is 38.2 Å². The molecule has 72 valence electrons. The molecule has 2 aromatic rings. The molecule has 0 saturated carbocycles. The summed E-state index contributed by atoms with van der Waals surface area (Å²) < 4.78 is 0.365. The van der Waals surface area contributed by atoms with Crippen LogP contribution < -0.4 is 5.56 Å². The highest BCUT2D eigenvalue weighted by molar-refractivity contribution is 7.71.